The van der Waals surface area contributed by atoms with E-state index < -0.39 is 0 Å². The lowest BCUT2D eigenvalue weighted by Gasteiger charge is -2.24. The maximum absolute atomic E-state index is 5.79. The summed E-state index contributed by atoms with van der Waals surface area (Å²) in [5.41, 5.74) is 14.6. The van der Waals surface area contributed by atoms with Crippen LogP contribution >= 0.6 is 0 Å². The van der Waals surface area contributed by atoms with Gasteiger partial charge in [0.1, 0.15) is 11.6 Å². The average Bonchev–Trinajstić information content (AvgIpc) is 2.69. The molecule has 0 spiro atoms. The molecule has 3 rings (SSSR count). The van der Waals surface area contributed by atoms with Gasteiger partial charge in [0, 0.05) is 11.7 Å². The topological polar surface area (TPSA) is 68.2 Å². The third kappa shape index (κ3) is 1.57. The van der Waals surface area contributed by atoms with Gasteiger partial charge in [0.05, 0.1) is 5.69 Å². The van der Waals surface area contributed by atoms with E-state index in [9.17, 15) is 0 Å². The van der Waals surface area contributed by atoms with Crippen molar-refractivity contribution in [3.63, 3.8) is 0 Å². The van der Waals surface area contributed by atoms with Crippen LogP contribution in [0.2, 0.25) is 0 Å². The van der Waals surface area contributed by atoms with Gasteiger partial charge < -0.3 is 16.4 Å². The van der Waals surface area contributed by atoms with Crippen molar-refractivity contribution < 1.29 is 0 Å². The molecule has 0 saturated carbocycles. The second kappa shape index (κ2) is 3.91. The molecule has 1 unspecified atom stereocenters. The molecular formula is C14H16N4. The van der Waals surface area contributed by atoms with E-state index in [4.69, 9.17) is 11.5 Å². The number of pyridine rings is 1. The number of rotatable bonds is 1. The van der Waals surface area contributed by atoms with E-state index in [1.165, 1.54) is 11.3 Å². The Hall–Kier alpha value is -2.23. The van der Waals surface area contributed by atoms with Gasteiger partial charge >= 0.3 is 0 Å². The fraction of sp³-hybridized carbons (Fsp3) is 0.214. The molecule has 0 fully saturated rings. The largest absolute Gasteiger partial charge is 0.396 e. The van der Waals surface area contributed by atoms with Crippen molar-refractivity contribution >= 4 is 23.0 Å². The Morgan fingerprint density at radius 2 is 1.94 bits per heavy atom. The standard InChI is InChI=1S/C14H16N4/c1-9-8-10-4-2-3-5-12(10)18(9)13-7-6-11(15)14(16)17-13/h2-7,9H,8,15H2,1H3,(H2,16,17). The van der Waals surface area contributed by atoms with Crippen LogP contribution in [0.5, 0.6) is 0 Å². The van der Waals surface area contributed by atoms with E-state index in [2.05, 4.69) is 35.0 Å². The molecule has 0 radical (unpaired) electrons. The molecule has 1 aromatic heterocycles. The van der Waals surface area contributed by atoms with Crippen LogP contribution < -0.4 is 16.4 Å². The number of hydrogen-bond donors (Lipinski definition) is 2. The summed E-state index contributed by atoms with van der Waals surface area (Å²) in [6, 6.07) is 12.5. The van der Waals surface area contributed by atoms with Gasteiger partial charge in [-0.15, -0.1) is 0 Å². The first-order valence-electron chi connectivity index (χ1n) is 6.06. The highest BCUT2D eigenvalue weighted by atomic mass is 15.2. The number of aromatic nitrogens is 1. The fourth-order valence-corrected chi connectivity index (χ4v) is 2.52. The van der Waals surface area contributed by atoms with E-state index in [0.29, 0.717) is 17.5 Å². The summed E-state index contributed by atoms with van der Waals surface area (Å²) < 4.78 is 0. The highest BCUT2D eigenvalue weighted by Crippen LogP contribution is 2.37. The van der Waals surface area contributed by atoms with E-state index >= 15 is 0 Å². The first kappa shape index (κ1) is 10.9. The second-order valence-electron chi connectivity index (χ2n) is 4.70. The molecule has 0 bridgehead atoms. The molecule has 0 aliphatic carbocycles. The Morgan fingerprint density at radius 1 is 1.17 bits per heavy atom. The second-order valence-corrected chi connectivity index (χ2v) is 4.70. The van der Waals surface area contributed by atoms with Crippen molar-refractivity contribution in [2.45, 2.75) is 19.4 Å². The molecule has 0 saturated heterocycles. The van der Waals surface area contributed by atoms with E-state index in [-0.39, 0.29) is 0 Å². The lowest BCUT2D eigenvalue weighted by Crippen LogP contribution is -2.25. The van der Waals surface area contributed by atoms with Gasteiger partial charge in [0.15, 0.2) is 0 Å². The first-order valence-corrected chi connectivity index (χ1v) is 6.06. The van der Waals surface area contributed by atoms with Gasteiger partial charge in [0.25, 0.3) is 0 Å². The summed E-state index contributed by atoms with van der Waals surface area (Å²) in [6.45, 7) is 2.19. The normalized spacial score (nSPS) is 17.8. The van der Waals surface area contributed by atoms with Crippen LogP contribution in [0.15, 0.2) is 36.4 Å². The molecule has 1 aliphatic heterocycles. The summed E-state index contributed by atoms with van der Waals surface area (Å²) in [4.78, 5) is 6.60. The third-order valence-corrected chi connectivity index (χ3v) is 3.40. The Labute approximate surface area is 106 Å². The maximum atomic E-state index is 5.79. The number of benzene rings is 1. The summed E-state index contributed by atoms with van der Waals surface area (Å²) in [5, 5.41) is 0. The molecule has 4 heteroatoms. The van der Waals surface area contributed by atoms with E-state index in [0.717, 1.165) is 12.2 Å². The van der Waals surface area contributed by atoms with E-state index in [1.54, 1.807) is 0 Å². The molecule has 4 nitrogen and oxygen atoms in total. The fourth-order valence-electron chi connectivity index (χ4n) is 2.52. The number of anilines is 4. The van der Waals surface area contributed by atoms with Crippen molar-refractivity contribution in [3.05, 3.63) is 42.0 Å². The summed E-state index contributed by atoms with van der Waals surface area (Å²) in [7, 11) is 0. The van der Waals surface area contributed by atoms with Crippen LogP contribution in [-0.4, -0.2) is 11.0 Å². The summed E-state index contributed by atoms with van der Waals surface area (Å²) in [6.07, 6.45) is 1.03. The molecule has 2 aromatic rings. The third-order valence-electron chi connectivity index (χ3n) is 3.40. The summed E-state index contributed by atoms with van der Waals surface area (Å²) >= 11 is 0. The predicted octanol–water partition coefficient (Wildman–Crippen LogP) is 2.33. The van der Waals surface area contributed by atoms with Crippen molar-refractivity contribution in [1.82, 2.24) is 4.98 Å². The number of hydrogen-bond acceptors (Lipinski definition) is 4. The predicted molar refractivity (Wildman–Crippen MR) is 74.8 cm³/mol. The van der Waals surface area contributed by atoms with Gasteiger partial charge in [-0.25, -0.2) is 4.98 Å². The van der Waals surface area contributed by atoms with E-state index in [1.807, 2.05) is 18.2 Å². The highest BCUT2D eigenvalue weighted by molar-refractivity contribution is 5.71. The average molecular weight is 240 g/mol. The Balaban J connectivity index is 2.09. The summed E-state index contributed by atoms with van der Waals surface area (Å²) in [5.74, 6) is 1.25. The zero-order chi connectivity index (χ0) is 12.7. The first-order chi connectivity index (χ1) is 8.66. The molecular weight excluding hydrogens is 224 g/mol. The van der Waals surface area contributed by atoms with Crippen molar-refractivity contribution in [2.24, 2.45) is 0 Å². The number of nitrogen functional groups attached to an aromatic ring is 2. The maximum Gasteiger partial charge on any atom is 0.149 e. The van der Waals surface area contributed by atoms with Crippen LogP contribution in [0.3, 0.4) is 0 Å². The Kier molecular flexibility index (Phi) is 2.37. The number of nitrogens with zero attached hydrogens (tertiary/aromatic N) is 2. The van der Waals surface area contributed by atoms with Crippen molar-refractivity contribution in [3.8, 4) is 0 Å². The van der Waals surface area contributed by atoms with Gasteiger partial charge in [-0.3, -0.25) is 0 Å². The molecule has 1 aliphatic rings. The molecule has 1 atom stereocenters. The minimum atomic E-state index is 0.387. The van der Waals surface area contributed by atoms with Crippen molar-refractivity contribution in [2.75, 3.05) is 16.4 Å². The van der Waals surface area contributed by atoms with Gasteiger partial charge in [-0.2, -0.15) is 0 Å². The van der Waals surface area contributed by atoms with Gasteiger partial charge in [0.2, 0.25) is 0 Å². The van der Waals surface area contributed by atoms with Crippen LogP contribution in [0, 0.1) is 0 Å². The molecule has 18 heavy (non-hydrogen) atoms. The highest BCUT2D eigenvalue weighted by Gasteiger charge is 2.27. The monoisotopic (exact) mass is 240 g/mol. The van der Waals surface area contributed by atoms with Crippen LogP contribution in [0.4, 0.5) is 23.0 Å². The molecule has 0 amide bonds. The zero-order valence-electron chi connectivity index (χ0n) is 10.3. The quantitative estimate of drug-likeness (QED) is 0.802. The molecule has 2 heterocycles. The van der Waals surface area contributed by atoms with Crippen molar-refractivity contribution in [1.29, 1.82) is 0 Å². The zero-order valence-corrected chi connectivity index (χ0v) is 10.3. The minimum absolute atomic E-state index is 0.387. The smallest absolute Gasteiger partial charge is 0.149 e. The van der Waals surface area contributed by atoms with Crippen LogP contribution in [0.25, 0.3) is 0 Å². The molecule has 1 aromatic carbocycles. The molecule has 92 valence electrons. The Morgan fingerprint density at radius 3 is 2.72 bits per heavy atom. The SMILES string of the molecule is CC1Cc2ccccc2N1c1ccc(N)c(N)n1. The number of nitrogens with two attached hydrogens (primary N) is 2. The lowest BCUT2D eigenvalue weighted by atomic mass is 10.1. The number of para-hydroxylation sites is 1. The van der Waals surface area contributed by atoms with Gasteiger partial charge in [-0.05, 0) is 37.1 Å². The van der Waals surface area contributed by atoms with Gasteiger partial charge in [-0.1, -0.05) is 18.2 Å². The van der Waals surface area contributed by atoms with Crippen LogP contribution in [0.1, 0.15) is 12.5 Å². The number of fused-ring (bicyclic) bond motifs is 1. The lowest BCUT2D eigenvalue weighted by molar-refractivity contribution is 0.751. The minimum Gasteiger partial charge on any atom is -0.396 e. The molecule has 4 N–H and O–H groups in total. The Bertz CT molecular complexity index is 594. The van der Waals surface area contributed by atoms with Crippen LogP contribution in [-0.2, 0) is 6.42 Å².